The average Bonchev–Trinajstić information content (AvgIpc) is 2.94. The van der Waals surface area contributed by atoms with E-state index in [-0.39, 0.29) is 0 Å². The van der Waals surface area contributed by atoms with Crippen molar-refractivity contribution in [2.75, 3.05) is 26.2 Å². The highest BCUT2D eigenvalue weighted by atomic mass is 15.3. The molecule has 0 aliphatic rings. The molecule has 208 valence electrons. The first-order valence-electron chi connectivity index (χ1n) is 15.9. The summed E-state index contributed by atoms with van der Waals surface area (Å²) in [7, 11) is 0. The van der Waals surface area contributed by atoms with Gasteiger partial charge in [-0.25, -0.2) is 9.97 Å². The molecule has 0 aliphatic heterocycles. The molecule has 0 amide bonds. The van der Waals surface area contributed by atoms with Crippen molar-refractivity contribution in [2.45, 2.75) is 130 Å². The van der Waals surface area contributed by atoms with Crippen LogP contribution in [0.5, 0.6) is 0 Å². The highest BCUT2D eigenvalue weighted by Crippen LogP contribution is 2.20. The summed E-state index contributed by atoms with van der Waals surface area (Å²) in [6.45, 7) is 14.8. The van der Waals surface area contributed by atoms with Crippen molar-refractivity contribution in [1.82, 2.24) is 9.97 Å². The van der Waals surface area contributed by atoms with Crippen molar-refractivity contribution < 1.29 is 4.48 Å². The number of nitrogens with zero attached hydrogens (tertiary/aromatic N) is 3. The lowest BCUT2D eigenvalue weighted by atomic mass is 10.0. The molecule has 0 spiro atoms. The summed E-state index contributed by atoms with van der Waals surface area (Å²) < 4.78 is 1.36. The zero-order chi connectivity index (χ0) is 26.6. The van der Waals surface area contributed by atoms with Crippen molar-refractivity contribution in [2.24, 2.45) is 0 Å². The van der Waals surface area contributed by atoms with Crippen LogP contribution in [0.15, 0.2) is 36.7 Å². The van der Waals surface area contributed by atoms with Gasteiger partial charge < -0.3 is 4.48 Å². The lowest BCUT2D eigenvalue weighted by molar-refractivity contribution is -0.929. The molecule has 1 aromatic heterocycles. The Morgan fingerprint density at radius 1 is 0.486 bits per heavy atom. The van der Waals surface area contributed by atoms with Gasteiger partial charge in [-0.15, -0.1) is 0 Å². The second kappa shape index (κ2) is 19.3. The van der Waals surface area contributed by atoms with Gasteiger partial charge in [0, 0.05) is 18.0 Å². The van der Waals surface area contributed by atoms with Crippen molar-refractivity contribution in [3.63, 3.8) is 0 Å². The van der Waals surface area contributed by atoms with Crippen molar-refractivity contribution >= 4 is 0 Å². The standard InChI is InChI=1S/C34H58N3/c1-5-9-13-14-15-16-20-32-29-35-34(36-30-32)33-23-21-31(22-24-33)19-17-18-28-37(25-10-6-2,26-11-7-3)27-12-8-4/h21-24,29-30H,5-20,25-28H2,1-4H3/q+1. The van der Waals surface area contributed by atoms with Crippen LogP contribution in [0.2, 0.25) is 0 Å². The van der Waals surface area contributed by atoms with Crippen LogP contribution in [0.25, 0.3) is 11.4 Å². The molecule has 0 radical (unpaired) electrons. The predicted octanol–water partition coefficient (Wildman–Crippen LogP) is 9.59. The van der Waals surface area contributed by atoms with Crippen LogP contribution in [-0.4, -0.2) is 40.6 Å². The molecule has 1 aromatic carbocycles. The minimum absolute atomic E-state index is 0.850. The number of unbranched alkanes of at least 4 members (excludes halogenated alkanes) is 9. The number of aromatic nitrogens is 2. The zero-order valence-electron chi connectivity index (χ0n) is 24.9. The van der Waals surface area contributed by atoms with E-state index in [0.717, 1.165) is 17.8 Å². The van der Waals surface area contributed by atoms with Crippen molar-refractivity contribution in [1.29, 1.82) is 0 Å². The summed E-state index contributed by atoms with van der Waals surface area (Å²) in [4.78, 5) is 9.34. The highest BCUT2D eigenvalue weighted by molar-refractivity contribution is 5.55. The fourth-order valence-corrected chi connectivity index (χ4v) is 5.49. The molecule has 0 saturated carbocycles. The van der Waals surface area contributed by atoms with Crippen molar-refractivity contribution in [3.05, 3.63) is 47.8 Å². The first-order chi connectivity index (χ1) is 18.2. The maximum absolute atomic E-state index is 4.67. The van der Waals surface area contributed by atoms with E-state index >= 15 is 0 Å². The molecule has 0 bridgehead atoms. The van der Waals surface area contributed by atoms with Crippen LogP contribution in [-0.2, 0) is 12.8 Å². The summed E-state index contributed by atoms with van der Waals surface area (Å²) >= 11 is 0. The Morgan fingerprint density at radius 2 is 0.946 bits per heavy atom. The molecule has 2 aromatic rings. The topological polar surface area (TPSA) is 25.8 Å². The first-order valence-corrected chi connectivity index (χ1v) is 15.9. The summed E-state index contributed by atoms with van der Waals surface area (Å²) in [5.41, 5.74) is 3.84. The second-order valence-electron chi connectivity index (χ2n) is 11.4. The van der Waals surface area contributed by atoms with Crippen LogP contribution in [0.3, 0.4) is 0 Å². The van der Waals surface area contributed by atoms with Gasteiger partial charge >= 0.3 is 0 Å². The van der Waals surface area contributed by atoms with Crippen LogP contribution >= 0.6 is 0 Å². The maximum Gasteiger partial charge on any atom is 0.159 e. The van der Waals surface area contributed by atoms with Gasteiger partial charge in [-0.1, -0.05) is 103 Å². The predicted molar refractivity (Wildman–Crippen MR) is 162 cm³/mol. The van der Waals surface area contributed by atoms with Gasteiger partial charge in [-0.3, -0.25) is 0 Å². The van der Waals surface area contributed by atoms with E-state index in [1.807, 2.05) is 12.4 Å². The number of aryl methyl sites for hydroxylation is 2. The van der Waals surface area contributed by atoms with Gasteiger partial charge in [0.05, 0.1) is 26.2 Å². The molecule has 3 heteroatoms. The third-order valence-corrected chi connectivity index (χ3v) is 8.04. The largest absolute Gasteiger partial charge is 0.324 e. The number of quaternary nitrogens is 1. The summed E-state index contributed by atoms with van der Waals surface area (Å²) in [5, 5.41) is 0. The number of benzene rings is 1. The van der Waals surface area contributed by atoms with Gasteiger partial charge in [0.2, 0.25) is 0 Å². The van der Waals surface area contributed by atoms with Crippen LogP contribution < -0.4 is 0 Å². The molecule has 0 unspecified atom stereocenters. The van der Waals surface area contributed by atoms with Gasteiger partial charge in [0.15, 0.2) is 5.82 Å². The quantitative estimate of drug-likeness (QED) is 0.117. The Bertz CT molecular complexity index is 775. The molecular weight excluding hydrogens is 450 g/mol. The minimum atomic E-state index is 0.850. The third-order valence-electron chi connectivity index (χ3n) is 8.04. The van der Waals surface area contributed by atoms with E-state index in [2.05, 4.69) is 61.9 Å². The molecule has 1 heterocycles. The zero-order valence-corrected chi connectivity index (χ0v) is 24.9. The first kappa shape index (κ1) is 31.5. The molecule has 2 rings (SSSR count). The molecule has 0 fully saturated rings. The number of hydrogen-bond donors (Lipinski definition) is 0. The van der Waals surface area contributed by atoms with E-state index in [1.165, 1.54) is 138 Å². The summed E-state index contributed by atoms with van der Waals surface area (Å²) in [6, 6.07) is 9.00. The molecule has 0 aliphatic carbocycles. The lowest BCUT2D eigenvalue weighted by Gasteiger charge is -2.39. The fourth-order valence-electron chi connectivity index (χ4n) is 5.49. The Labute approximate surface area is 230 Å². The molecule has 0 atom stereocenters. The van der Waals surface area contributed by atoms with Crippen LogP contribution in [0, 0.1) is 0 Å². The van der Waals surface area contributed by atoms with E-state index < -0.39 is 0 Å². The number of rotatable bonds is 22. The summed E-state index contributed by atoms with van der Waals surface area (Å²) in [6.07, 6.45) is 25.0. The van der Waals surface area contributed by atoms with Gasteiger partial charge in [0.1, 0.15) is 0 Å². The average molecular weight is 509 g/mol. The van der Waals surface area contributed by atoms with E-state index in [1.54, 1.807) is 0 Å². The Balaban J connectivity index is 1.81. The number of hydrogen-bond acceptors (Lipinski definition) is 2. The Kier molecular flexibility index (Phi) is 16.5. The molecule has 3 nitrogen and oxygen atoms in total. The van der Waals surface area contributed by atoms with E-state index in [0.29, 0.717) is 0 Å². The van der Waals surface area contributed by atoms with Crippen LogP contribution in [0.1, 0.15) is 129 Å². The van der Waals surface area contributed by atoms with E-state index in [4.69, 9.17) is 0 Å². The van der Waals surface area contributed by atoms with Gasteiger partial charge in [0.25, 0.3) is 0 Å². The monoisotopic (exact) mass is 508 g/mol. The van der Waals surface area contributed by atoms with E-state index in [9.17, 15) is 0 Å². The smallest absolute Gasteiger partial charge is 0.159 e. The van der Waals surface area contributed by atoms with Gasteiger partial charge in [-0.2, -0.15) is 0 Å². The third kappa shape index (κ3) is 12.6. The highest BCUT2D eigenvalue weighted by Gasteiger charge is 2.25. The minimum Gasteiger partial charge on any atom is -0.324 e. The Hall–Kier alpha value is -1.74. The second-order valence-corrected chi connectivity index (χ2v) is 11.4. The molecule has 0 N–H and O–H groups in total. The molecular formula is C34H58N3+. The van der Waals surface area contributed by atoms with Crippen LogP contribution in [0.4, 0.5) is 0 Å². The summed E-state index contributed by atoms with van der Waals surface area (Å²) in [5.74, 6) is 0.850. The Morgan fingerprint density at radius 3 is 1.51 bits per heavy atom. The maximum atomic E-state index is 4.67. The fraction of sp³-hybridized carbons (Fsp3) is 0.706. The molecule has 37 heavy (non-hydrogen) atoms. The normalized spacial score (nSPS) is 11.8. The van der Waals surface area contributed by atoms with Crippen molar-refractivity contribution in [3.8, 4) is 11.4 Å². The van der Waals surface area contributed by atoms with Gasteiger partial charge in [-0.05, 0) is 62.5 Å². The molecule has 0 saturated heterocycles. The lowest BCUT2D eigenvalue weighted by Crippen LogP contribution is -2.50. The SMILES string of the molecule is CCCCCCCCc1cnc(-c2ccc(CCCC[N+](CCCC)(CCCC)CCCC)cc2)nc1.